The zero-order valence-corrected chi connectivity index (χ0v) is 15.1. The predicted molar refractivity (Wildman–Crippen MR) is 101 cm³/mol. The van der Waals surface area contributed by atoms with Crippen molar-refractivity contribution in [2.75, 3.05) is 13.1 Å². The van der Waals surface area contributed by atoms with E-state index in [1.165, 1.54) is 11.8 Å². The second-order valence-corrected chi connectivity index (χ2v) is 7.44. The highest BCUT2D eigenvalue weighted by Gasteiger charge is 2.27. The van der Waals surface area contributed by atoms with E-state index < -0.39 is 4.75 Å². The summed E-state index contributed by atoms with van der Waals surface area (Å²) in [7, 11) is 0. The van der Waals surface area contributed by atoms with Gasteiger partial charge < -0.3 is 5.32 Å². The maximum absolute atomic E-state index is 11.8. The molecule has 1 unspecified atom stereocenters. The van der Waals surface area contributed by atoms with Crippen LogP contribution < -0.4 is 5.32 Å². The first-order valence-electron chi connectivity index (χ1n) is 7.48. The zero-order chi connectivity index (χ0) is 17.8. The summed E-state index contributed by atoms with van der Waals surface area (Å²) in [5.41, 5.74) is 9.06. The molecule has 0 saturated carbocycles. The van der Waals surface area contributed by atoms with Crippen LogP contribution in [0.3, 0.4) is 0 Å². The molecule has 0 aromatic heterocycles. The third-order valence-electron chi connectivity index (χ3n) is 3.21. The number of nitrogens with zero attached hydrogens (tertiary/aromatic N) is 4. The smallest absolute Gasteiger partial charge is 0.220 e. The molecule has 24 heavy (non-hydrogen) atoms. The van der Waals surface area contributed by atoms with Gasteiger partial charge in [-0.1, -0.05) is 59.4 Å². The van der Waals surface area contributed by atoms with Crippen LogP contribution in [0.2, 0.25) is 0 Å². The monoisotopic (exact) mass is 361 g/mol. The van der Waals surface area contributed by atoms with Crippen LogP contribution in [0.15, 0.2) is 35.4 Å². The maximum Gasteiger partial charge on any atom is 0.220 e. The number of hydrogen-bond donors (Lipinski definition) is 1. The summed E-state index contributed by atoms with van der Waals surface area (Å²) < 4.78 is -0.107. The Morgan fingerprint density at radius 1 is 1.50 bits per heavy atom. The molecule has 8 heteroatoms. The minimum absolute atomic E-state index is 0.122. The first kappa shape index (κ1) is 20.0. The lowest BCUT2D eigenvalue weighted by Gasteiger charge is -2.21. The molecule has 0 spiro atoms. The van der Waals surface area contributed by atoms with E-state index in [0.717, 1.165) is 5.56 Å². The highest BCUT2D eigenvalue weighted by Crippen LogP contribution is 2.32. The molecule has 0 bridgehead atoms. The van der Waals surface area contributed by atoms with Gasteiger partial charge in [-0.3, -0.25) is 4.79 Å². The Hall–Kier alpha value is -2.07. The molecule has 1 atom stereocenters. The molecule has 0 radical (unpaired) electrons. The lowest BCUT2D eigenvalue weighted by atomic mass is 10.1. The largest absolute Gasteiger partial charge is 0.356 e. The summed E-state index contributed by atoms with van der Waals surface area (Å²) in [6, 6.07) is 11.8. The van der Waals surface area contributed by atoms with Crippen LogP contribution in [0.1, 0.15) is 31.7 Å². The molecule has 0 aliphatic heterocycles. The summed E-state index contributed by atoms with van der Waals surface area (Å²) in [6.07, 6.45) is 1.25. The van der Waals surface area contributed by atoms with Gasteiger partial charge >= 0.3 is 0 Å². The van der Waals surface area contributed by atoms with Crippen molar-refractivity contribution in [2.24, 2.45) is 5.11 Å². The number of nitriles is 1. The molecule has 0 fully saturated rings. The Balaban J connectivity index is 2.44. The Labute approximate surface area is 151 Å². The summed E-state index contributed by atoms with van der Waals surface area (Å²) >= 11 is 6.71. The quantitative estimate of drug-likeness (QED) is 0.236. The average molecular weight is 361 g/mol. The van der Waals surface area contributed by atoms with Gasteiger partial charge in [0.2, 0.25) is 5.91 Å². The van der Waals surface area contributed by atoms with Crippen LogP contribution in [0, 0.1) is 11.3 Å². The van der Waals surface area contributed by atoms with Crippen molar-refractivity contribution >= 4 is 34.1 Å². The normalized spacial score (nSPS) is 12.3. The van der Waals surface area contributed by atoms with Crippen molar-refractivity contribution in [3.05, 3.63) is 46.3 Å². The molecule has 6 nitrogen and oxygen atoms in total. The van der Waals surface area contributed by atoms with Crippen LogP contribution in [-0.2, 0) is 4.79 Å². The topological polar surface area (TPSA) is 102 Å². The number of thiocarbonyl (C=S) groups is 1. The molecule has 1 aromatic rings. The molecular weight excluding hydrogens is 342 g/mol. The van der Waals surface area contributed by atoms with Gasteiger partial charge in [-0.25, -0.2) is 0 Å². The third-order valence-corrected chi connectivity index (χ3v) is 4.87. The first-order chi connectivity index (χ1) is 11.5. The number of hydrogen-bond acceptors (Lipinski definition) is 5. The Morgan fingerprint density at radius 2 is 2.21 bits per heavy atom. The lowest BCUT2D eigenvalue weighted by molar-refractivity contribution is -0.121. The molecule has 1 amide bonds. The van der Waals surface area contributed by atoms with Gasteiger partial charge in [-0.05, 0) is 30.9 Å². The number of carbonyl (C=O) groups is 1. The van der Waals surface area contributed by atoms with E-state index in [1.54, 1.807) is 6.92 Å². The predicted octanol–water partition coefficient (Wildman–Crippen LogP) is 3.97. The summed E-state index contributed by atoms with van der Waals surface area (Å²) in [5.74, 6) is -0.122. The van der Waals surface area contributed by atoms with Gasteiger partial charge in [0.1, 0.15) is 4.75 Å². The molecule has 0 heterocycles. The van der Waals surface area contributed by atoms with Gasteiger partial charge in [-0.15, -0.1) is 0 Å². The summed E-state index contributed by atoms with van der Waals surface area (Å²) in [4.78, 5) is 14.5. The van der Waals surface area contributed by atoms with E-state index in [9.17, 15) is 10.1 Å². The van der Waals surface area contributed by atoms with Gasteiger partial charge in [0, 0.05) is 24.4 Å². The lowest BCUT2D eigenvalue weighted by Crippen LogP contribution is -2.28. The second-order valence-electron chi connectivity index (χ2n) is 5.26. The standard InChI is InChI=1S/C16H19N5OS2/c1-16(12-17,24-15(23)13-6-3-2-4-7-13)9-8-14(22)19-10-5-11-20-21-18/h2-4,6-7H,5,8-11H2,1H3,(H,19,22). The summed E-state index contributed by atoms with van der Waals surface area (Å²) in [5, 5.41) is 15.6. The van der Waals surface area contributed by atoms with E-state index in [2.05, 4.69) is 21.4 Å². The molecule has 0 aliphatic rings. The Bertz CT molecular complexity index is 652. The number of benzene rings is 1. The highest BCUT2D eigenvalue weighted by molar-refractivity contribution is 8.24. The van der Waals surface area contributed by atoms with Crippen LogP contribution in [0.25, 0.3) is 10.4 Å². The number of azide groups is 1. The van der Waals surface area contributed by atoms with Crippen molar-refractivity contribution in [1.82, 2.24) is 5.32 Å². The number of rotatable bonds is 9. The van der Waals surface area contributed by atoms with E-state index in [0.29, 0.717) is 30.1 Å². The molecule has 0 saturated heterocycles. The van der Waals surface area contributed by atoms with Crippen molar-refractivity contribution in [3.63, 3.8) is 0 Å². The van der Waals surface area contributed by atoms with Crippen molar-refractivity contribution in [3.8, 4) is 6.07 Å². The molecule has 1 N–H and O–H groups in total. The molecule has 1 rings (SSSR count). The molecule has 1 aromatic carbocycles. The van der Waals surface area contributed by atoms with Gasteiger partial charge in [0.05, 0.1) is 10.3 Å². The van der Waals surface area contributed by atoms with Crippen molar-refractivity contribution < 1.29 is 4.79 Å². The first-order valence-corrected chi connectivity index (χ1v) is 8.70. The van der Waals surface area contributed by atoms with Crippen LogP contribution in [0.5, 0.6) is 0 Å². The molecular formula is C16H19N5OS2. The van der Waals surface area contributed by atoms with Gasteiger partial charge in [0.25, 0.3) is 0 Å². The minimum Gasteiger partial charge on any atom is -0.356 e. The zero-order valence-electron chi connectivity index (χ0n) is 13.4. The Kier molecular flexibility index (Phi) is 8.87. The minimum atomic E-state index is -0.755. The number of carbonyl (C=O) groups excluding carboxylic acids is 1. The molecule has 0 aliphatic carbocycles. The van der Waals surface area contributed by atoms with Crippen LogP contribution in [0.4, 0.5) is 0 Å². The third kappa shape index (κ3) is 7.47. The van der Waals surface area contributed by atoms with E-state index in [-0.39, 0.29) is 12.3 Å². The SMILES string of the molecule is CC(C#N)(CCC(=O)NCCCN=[N+]=[N-])SC(=S)c1ccccc1. The fourth-order valence-electron chi connectivity index (χ4n) is 1.83. The van der Waals surface area contributed by atoms with E-state index >= 15 is 0 Å². The van der Waals surface area contributed by atoms with Crippen molar-refractivity contribution in [2.45, 2.75) is 30.9 Å². The fraction of sp³-hybridized carbons (Fsp3) is 0.438. The summed E-state index contributed by atoms with van der Waals surface area (Å²) in [6.45, 7) is 2.60. The van der Waals surface area contributed by atoms with E-state index in [1.807, 2.05) is 30.3 Å². The molecule has 126 valence electrons. The maximum atomic E-state index is 11.8. The Morgan fingerprint density at radius 3 is 2.83 bits per heavy atom. The van der Waals surface area contributed by atoms with E-state index in [4.69, 9.17) is 17.7 Å². The van der Waals surface area contributed by atoms with Gasteiger partial charge in [0.15, 0.2) is 0 Å². The number of thioether (sulfide) groups is 1. The highest BCUT2D eigenvalue weighted by atomic mass is 32.2. The second kappa shape index (κ2) is 10.7. The van der Waals surface area contributed by atoms with Crippen LogP contribution in [-0.4, -0.2) is 27.9 Å². The number of nitrogens with one attached hydrogen (secondary N) is 1. The number of amides is 1. The average Bonchev–Trinajstić information content (AvgIpc) is 2.60. The fourth-order valence-corrected chi connectivity index (χ4v) is 3.43. The van der Waals surface area contributed by atoms with Gasteiger partial charge in [-0.2, -0.15) is 5.26 Å². The van der Waals surface area contributed by atoms with Crippen LogP contribution >= 0.6 is 24.0 Å². The van der Waals surface area contributed by atoms with Crippen molar-refractivity contribution in [1.29, 1.82) is 5.26 Å².